The van der Waals surface area contributed by atoms with Crippen LogP contribution in [0.15, 0.2) is 27.4 Å². The number of rotatable bonds is 7. The van der Waals surface area contributed by atoms with Gasteiger partial charge in [-0.1, -0.05) is 6.07 Å². The standard InChI is InChI=1S/C16H8F3NO6S3/c17-10-8(14(21)22)9(15(23)24)11(18)13(12(10)19)28-29-16-20-6-2-1-5(4-26-25)3-7(6)27-16/h1-3,25H,4H2,(H,21,22)(H,23,24). The molecule has 29 heavy (non-hydrogen) atoms. The summed E-state index contributed by atoms with van der Waals surface area (Å²) in [7, 11) is 1.12. The second kappa shape index (κ2) is 8.59. The Labute approximate surface area is 171 Å². The zero-order chi connectivity index (χ0) is 21.3. The molecule has 0 bridgehead atoms. The van der Waals surface area contributed by atoms with Crippen LogP contribution >= 0.6 is 32.9 Å². The molecule has 13 heteroatoms. The monoisotopic (exact) mass is 463 g/mol. The highest BCUT2D eigenvalue weighted by Gasteiger charge is 2.32. The molecule has 1 aromatic heterocycles. The maximum atomic E-state index is 14.5. The lowest BCUT2D eigenvalue weighted by atomic mass is 10.1. The van der Waals surface area contributed by atoms with Crippen molar-refractivity contribution >= 4 is 55.1 Å². The zero-order valence-electron chi connectivity index (χ0n) is 13.8. The molecule has 0 spiro atoms. The third-order valence-corrected chi connectivity index (χ3v) is 7.26. The van der Waals surface area contributed by atoms with Crippen molar-refractivity contribution in [2.45, 2.75) is 15.8 Å². The molecule has 0 aliphatic heterocycles. The average Bonchev–Trinajstić information content (AvgIpc) is 3.06. The molecule has 152 valence electrons. The Morgan fingerprint density at radius 1 is 1.03 bits per heavy atom. The van der Waals surface area contributed by atoms with Gasteiger partial charge in [-0.2, -0.15) is 0 Å². The normalized spacial score (nSPS) is 11.2. The number of halogens is 3. The number of nitrogens with zero attached hydrogens (tertiary/aromatic N) is 1. The number of benzene rings is 2. The third kappa shape index (κ3) is 4.18. The van der Waals surface area contributed by atoms with Gasteiger partial charge in [0.2, 0.25) is 0 Å². The Balaban J connectivity index is 1.95. The molecule has 2 aromatic carbocycles. The molecular formula is C16H8F3NO6S3. The number of thiazole rings is 1. The quantitative estimate of drug-likeness (QED) is 0.195. The minimum absolute atomic E-state index is 0.0470. The highest BCUT2D eigenvalue weighted by atomic mass is 33.1. The number of carboxylic acid groups (broad SMARTS) is 2. The van der Waals surface area contributed by atoms with Crippen LogP contribution in [0, 0.1) is 17.5 Å². The van der Waals surface area contributed by atoms with E-state index in [1.165, 1.54) is 0 Å². The Hall–Kier alpha value is -2.32. The molecule has 0 aliphatic rings. The van der Waals surface area contributed by atoms with Gasteiger partial charge in [0.1, 0.15) is 17.7 Å². The second-order valence-electron chi connectivity index (χ2n) is 5.35. The summed E-state index contributed by atoms with van der Waals surface area (Å²) in [4.78, 5) is 29.5. The Kier molecular flexibility index (Phi) is 6.33. The van der Waals surface area contributed by atoms with E-state index < -0.39 is 45.4 Å². The van der Waals surface area contributed by atoms with Crippen LogP contribution in [0.3, 0.4) is 0 Å². The van der Waals surface area contributed by atoms with Gasteiger partial charge in [-0.15, -0.1) is 11.3 Å². The molecule has 0 atom stereocenters. The molecule has 3 rings (SSSR count). The maximum Gasteiger partial charge on any atom is 0.339 e. The third-order valence-electron chi connectivity index (χ3n) is 3.57. The lowest BCUT2D eigenvalue weighted by Gasteiger charge is -2.10. The Bertz CT molecular complexity index is 1140. The number of carbonyl (C=O) groups is 2. The summed E-state index contributed by atoms with van der Waals surface area (Å²) >= 11 is 1.14. The summed E-state index contributed by atoms with van der Waals surface area (Å²) in [6, 6.07) is 4.97. The van der Waals surface area contributed by atoms with Crippen molar-refractivity contribution in [2.75, 3.05) is 0 Å². The van der Waals surface area contributed by atoms with Crippen molar-refractivity contribution in [2.24, 2.45) is 0 Å². The summed E-state index contributed by atoms with van der Waals surface area (Å²) in [5, 5.41) is 26.4. The van der Waals surface area contributed by atoms with Crippen LogP contribution in [0.2, 0.25) is 0 Å². The lowest BCUT2D eigenvalue weighted by Crippen LogP contribution is -2.16. The van der Waals surface area contributed by atoms with Gasteiger partial charge in [-0.05, 0) is 39.3 Å². The number of hydrogen-bond donors (Lipinski definition) is 3. The van der Waals surface area contributed by atoms with Gasteiger partial charge in [-0.3, -0.25) is 5.26 Å². The van der Waals surface area contributed by atoms with Crippen LogP contribution in [0.1, 0.15) is 26.3 Å². The fourth-order valence-electron chi connectivity index (χ4n) is 2.34. The molecule has 0 aliphatic carbocycles. The van der Waals surface area contributed by atoms with Crippen molar-refractivity contribution in [3.63, 3.8) is 0 Å². The van der Waals surface area contributed by atoms with Crippen molar-refractivity contribution in [3.05, 3.63) is 52.3 Å². The van der Waals surface area contributed by atoms with Crippen molar-refractivity contribution in [1.29, 1.82) is 0 Å². The van der Waals surface area contributed by atoms with Crippen LogP contribution < -0.4 is 0 Å². The lowest BCUT2D eigenvalue weighted by molar-refractivity contribution is -0.252. The van der Waals surface area contributed by atoms with Gasteiger partial charge in [0, 0.05) is 0 Å². The summed E-state index contributed by atoms with van der Waals surface area (Å²) in [5.41, 5.74) is -1.83. The van der Waals surface area contributed by atoms with Crippen LogP contribution in [0.5, 0.6) is 0 Å². The zero-order valence-corrected chi connectivity index (χ0v) is 16.3. The topological polar surface area (TPSA) is 117 Å². The van der Waals surface area contributed by atoms with E-state index in [2.05, 4.69) is 9.87 Å². The predicted molar refractivity (Wildman–Crippen MR) is 99.0 cm³/mol. The number of fused-ring (bicyclic) bond motifs is 1. The van der Waals surface area contributed by atoms with Crippen LogP contribution in [-0.2, 0) is 11.5 Å². The fourth-order valence-corrected chi connectivity index (χ4v) is 5.76. The highest BCUT2D eigenvalue weighted by Crippen LogP contribution is 2.44. The SMILES string of the molecule is O=C(O)c1c(F)c(F)c(SSc2nc3ccc(COO)cc3s2)c(F)c1C(=O)O. The molecule has 0 amide bonds. The first-order valence-corrected chi connectivity index (χ1v) is 10.4. The summed E-state index contributed by atoms with van der Waals surface area (Å²) in [6.45, 7) is -0.0470. The smallest absolute Gasteiger partial charge is 0.339 e. The Morgan fingerprint density at radius 3 is 2.31 bits per heavy atom. The van der Waals surface area contributed by atoms with Gasteiger partial charge in [-0.25, -0.2) is 32.6 Å². The van der Waals surface area contributed by atoms with Gasteiger partial charge < -0.3 is 10.2 Å². The van der Waals surface area contributed by atoms with Gasteiger partial charge >= 0.3 is 11.9 Å². The largest absolute Gasteiger partial charge is 0.478 e. The van der Waals surface area contributed by atoms with E-state index in [0.29, 0.717) is 30.9 Å². The van der Waals surface area contributed by atoms with E-state index in [-0.39, 0.29) is 6.61 Å². The average molecular weight is 463 g/mol. The molecular weight excluding hydrogens is 455 g/mol. The number of aromatic carboxylic acids is 2. The fraction of sp³-hybridized carbons (Fsp3) is 0.0625. The number of carboxylic acids is 2. The summed E-state index contributed by atoms with van der Waals surface area (Å²) in [5.74, 6) is -9.59. The van der Waals surface area contributed by atoms with Crippen molar-refractivity contribution < 1.29 is 43.1 Å². The first-order chi connectivity index (χ1) is 13.7. The van der Waals surface area contributed by atoms with Crippen LogP contribution in [0.4, 0.5) is 13.2 Å². The van der Waals surface area contributed by atoms with E-state index in [1.54, 1.807) is 18.2 Å². The summed E-state index contributed by atoms with van der Waals surface area (Å²) in [6.07, 6.45) is 0. The molecule has 3 aromatic rings. The van der Waals surface area contributed by atoms with E-state index in [1.807, 2.05) is 0 Å². The number of aromatic nitrogens is 1. The van der Waals surface area contributed by atoms with Crippen molar-refractivity contribution in [3.8, 4) is 0 Å². The van der Waals surface area contributed by atoms with Crippen LogP contribution in [0.25, 0.3) is 10.2 Å². The van der Waals surface area contributed by atoms with Crippen molar-refractivity contribution in [1.82, 2.24) is 4.98 Å². The molecule has 7 nitrogen and oxygen atoms in total. The minimum atomic E-state index is -2.10. The van der Waals surface area contributed by atoms with E-state index in [0.717, 1.165) is 22.1 Å². The molecule has 0 saturated carbocycles. The van der Waals surface area contributed by atoms with E-state index in [9.17, 15) is 22.8 Å². The first-order valence-electron chi connectivity index (χ1n) is 7.42. The second-order valence-corrected chi connectivity index (χ2v) is 8.77. The molecule has 1 heterocycles. The molecule has 0 unspecified atom stereocenters. The predicted octanol–water partition coefficient (Wildman–Crippen LogP) is 4.90. The van der Waals surface area contributed by atoms with Crippen LogP contribution in [-0.4, -0.2) is 32.4 Å². The molecule has 0 fully saturated rings. The minimum Gasteiger partial charge on any atom is -0.478 e. The van der Waals surface area contributed by atoms with Gasteiger partial charge in [0.15, 0.2) is 21.8 Å². The van der Waals surface area contributed by atoms with Gasteiger partial charge in [0.05, 0.1) is 15.1 Å². The molecule has 0 saturated heterocycles. The highest BCUT2D eigenvalue weighted by molar-refractivity contribution is 8.77. The molecule has 0 radical (unpaired) electrons. The first kappa shape index (κ1) is 21.4. The Morgan fingerprint density at radius 2 is 1.69 bits per heavy atom. The summed E-state index contributed by atoms with van der Waals surface area (Å²) < 4.78 is 43.8. The number of hydrogen-bond acceptors (Lipinski definition) is 8. The van der Waals surface area contributed by atoms with E-state index in [4.69, 9.17) is 15.5 Å². The molecule has 3 N–H and O–H groups in total. The van der Waals surface area contributed by atoms with Gasteiger partial charge in [0.25, 0.3) is 0 Å². The van der Waals surface area contributed by atoms with E-state index >= 15 is 0 Å². The maximum absolute atomic E-state index is 14.5.